The van der Waals surface area contributed by atoms with E-state index in [9.17, 15) is 4.79 Å². The summed E-state index contributed by atoms with van der Waals surface area (Å²) in [6.45, 7) is 5.91. The molecule has 2 rings (SSSR count). The number of carbonyl (C=O) groups excluding carboxylic acids is 1. The van der Waals surface area contributed by atoms with Gasteiger partial charge in [0.2, 0.25) is 5.76 Å². The van der Waals surface area contributed by atoms with Crippen LogP contribution in [0.1, 0.15) is 49.2 Å². The first-order valence-electron chi connectivity index (χ1n) is 6.40. The number of ether oxygens (including phenoxy) is 2. The Morgan fingerprint density at radius 2 is 2.10 bits per heavy atom. The molecule has 0 spiro atoms. The van der Waals surface area contributed by atoms with Crippen LogP contribution in [0.3, 0.4) is 0 Å². The maximum absolute atomic E-state index is 11.3. The van der Waals surface area contributed by atoms with E-state index in [1.165, 1.54) is 7.11 Å². The van der Waals surface area contributed by atoms with Crippen LogP contribution >= 0.6 is 0 Å². The molecule has 0 saturated carbocycles. The summed E-state index contributed by atoms with van der Waals surface area (Å²) >= 11 is 0. The molecule has 108 valence electrons. The van der Waals surface area contributed by atoms with Crippen LogP contribution in [0, 0.1) is 0 Å². The molecular formula is C14H18N2O4. The summed E-state index contributed by atoms with van der Waals surface area (Å²) in [6.07, 6.45) is 3.16. The average Bonchev–Trinajstić information content (AvgIpc) is 3.06. The van der Waals surface area contributed by atoms with E-state index < -0.39 is 5.97 Å². The highest BCUT2D eigenvalue weighted by molar-refractivity contribution is 5.86. The van der Waals surface area contributed by atoms with Gasteiger partial charge in [-0.3, -0.25) is 4.68 Å². The van der Waals surface area contributed by atoms with Crippen molar-refractivity contribution < 1.29 is 18.7 Å². The minimum Gasteiger partial charge on any atom is -0.479 e. The molecule has 6 heteroatoms. The van der Waals surface area contributed by atoms with E-state index in [4.69, 9.17) is 9.15 Å². The monoisotopic (exact) mass is 278 g/mol. The van der Waals surface area contributed by atoms with Gasteiger partial charge in [0.05, 0.1) is 19.5 Å². The number of rotatable bonds is 5. The quantitative estimate of drug-likeness (QED) is 0.786. The van der Waals surface area contributed by atoms with Crippen molar-refractivity contribution in [1.82, 2.24) is 9.78 Å². The van der Waals surface area contributed by atoms with E-state index >= 15 is 0 Å². The van der Waals surface area contributed by atoms with Crippen LogP contribution in [-0.2, 0) is 4.74 Å². The van der Waals surface area contributed by atoms with Crippen molar-refractivity contribution in [2.24, 2.45) is 0 Å². The third-order valence-corrected chi connectivity index (χ3v) is 2.83. The van der Waals surface area contributed by atoms with Gasteiger partial charge in [-0.15, -0.1) is 0 Å². The molecule has 0 N–H and O–H groups in total. The second kappa shape index (κ2) is 5.81. The third-order valence-electron chi connectivity index (χ3n) is 2.83. The Kier molecular flexibility index (Phi) is 4.12. The van der Waals surface area contributed by atoms with Gasteiger partial charge in [0.1, 0.15) is 5.76 Å². The molecule has 2 aromatic rings. The molecule has 2 heterocycles. The molecule has 0 amide bonds. The Bertz CT molecular complexity index is 586. The maximum atomic E-state index is 11.3. The molecule has 1 unspecified atom stereocenters. The number of methoxy groups -OCH3 is 1. The summed E-state index contributed by atoms with van der Waals surface area (Å²) in [4.78, 5) is 11.3. The number of nitrogens with zero attached hydrogens (tertiary/aromatic N) is 2. The fourth-order valence-corrected chi connectivity index (χ4v) is 1.71. The van der Waals surface area contributed by atoms with E-state index in [0.717, 1.165) is 0 Å². The van der Waals surface area contributed by atoms with Gasteiger partial charge in [0, 0.05) is 6.04 Å². The Morgan fingerprint density at radius 3 is 2.70 bits per heavy atom. The topological polar surface area (TPSA) is 66.5 Å². The van der Waals surface area contributed by atoms with Gasteiger partial charge >= 0.3 is 5.97 Å². The number of hydrogen-bond acceptors (Lipinski definition) is 5. The van der Waals surface area contributed by atoms with E-state index in [1.54, 1.807) is 18.3 Å². The molecule has 0 bridgehead atoms. The molecule has 0 aliphatic rings. The molecule has 0 aromatic carbocycles. The van der Waals surface area contributed by atoms with Crippen LogP contribution in [-0.4, -0.2) is 22.9 Å². The van der Waals surface area contributed by atoms with E-state index in [-0.39, 0.29) is 17.9 Å². The number of aromatic nitrogens is 2. The first-order chi connectivity index (χ1) is 9.51. The number of esters is 1. The van der Waals surface area contributed by atoms with Crippen LogP contribution in [0.25, 0.3) is 0 Å². The Hall–Kier alpha value is -2.24. The molecule has 0 radical (unpaired) electrons. The highest BCUT2D eigenvalue weighted by atomic mass is 16.5. The van der Waals surface area contributed by atoms with Crippen molar-refractivity contribution in [3.8, 4) is 5.75 Å². The van der Waals surface area contributed by atoms with E-state index in [1.807, 2.05) is 31.6 Å². The molecule has 0 aliphatic carbocycles. The van der Waals surface area contributed by atoms with Gasteiger partial charge in [-0.05, 0) is 32.9 Å². The number of carbonyl (C=O) groups is 1. The van der Waals surface area contributed by atoms with E-state index in [0.29, 0.717) is 11.5 Å². The van der Waals surface area contributed by atoms with Gasteiger partial charge < -0.3 is 13.9 Å². The molecule has 1 atom stereocenters. The molecular weight excluding hydrogens is 260 g/mol. The van der Waals surface area contributed by atoms with Gasteiger partial charge in [-0.1, -0.05) is 0 Å². The summed E-state index contributed by atoms with van der Waals surface area (Å²) in [7, 11) is 1.31. The predicted octanol–water partition coefficient (Wildman–Crippen LogP) is 2.98. The highest BCUT2D eigenvalue weighted by Crippen LogP contribution is 2.23. The molecule has 0 fully saturated rings. The summed E-state index contributed by atoms with van der Waals surface area (Å²) in [5.74, 6) is 0.872. The SMILES string of the molecule is COC(=O)c1ccc(C(C)Oc2cnn(C(C)C)c2)o1. The lowest BCUT2D eigenvalue weighted by atomic mass is 10.3. The lowest BCUT2D eigenvalue weighted by molar-refractivity contribution is 0.0558. The zero-order chi connectivity index (χ0) is 14.7. The molecule has 0 aliphatic heterocycles. The fraction of sp³-hybridized carbons (Fsp3) is 0.429. The van der Waals surface area contributed by atoms with E-state index in [2.05, 4.69) is 9.84 Å². The maximum Gasteiger partial charge on any atom is 0.373 e. The zero-order valence-electron chi connectivity index (χ0n) is 12.0. The molecule has 20 heavy (non-hydrogen) atoms. The lowest BCUT2D eigenvalue weighted by Gasteiger charge is -2.10. The van der Waals surface area contributed by atoms with Crippen molar-refractivity contribution >= 4 is 5.97 Å². The van der Waals surface area contributed by atoms with Crippen molar-refractivity contribution in [3.63, 3.8) is 0 Å². The van der Waals surface area contributed by atoms with Crippen LogP contribution in [0.2, 0.25) is 0 Å². The highest BCUT2D eigenvalue weighted by Gasteiger charge is 2.17. The molecule has 2 aromatic heterocycles. The van der Waals surface area contributed by atoms with Crippen molar-refractivity contribution in [1.29, 1.82) is 0 Å². The third kappa shape index (κ3) is 3.01. The zero-order valence-corrected chi connectivity index (χ0v) is 12.0. The summed E-state index contributed by atoms with van der Waals surface area (Å²) in [5.41, 5.74) is 0. The molecule has 6 nitrogen and oxygen atoms in total. The standard InChI is InChI=1S/C14H18N2O4/c1-9(2)16-8-11(7-15-16)19-10(3)12-5-6-13(20-12)14(17)18-4/h5-10H,1-4H3. The normalized spacial score (nSPS) is 12.4. The fourth-order valence-electron chi connectivity index (χ4n) is 1.71. The number of furan rings is 1. The average molecular weight is 278 g/mol. The van der Waals surface area contributed by atoms with Crippen LogP contribution in [0.4, 0.5) is 0 Å². The molecule has 0 saturated heterocycles. The van der Waals surface area contributed by atoms with Crippen LogP contribution in [0.15, 0.2) is 28.9 Å². The summed E-state index contributed by atoms with van der Waals surface area (Å²) in [6, 6.07) is 3.54. The summed E-state index contributed by atoms with van der Waals surface area (Å²) < 4.78 is 17.5. The van der Waals surface area contributed by atoms with Crippen molar-refractivity contribution in [3.05, 3.63) is 36.0 Å². The lowest BCUT2D eigenvalue weighted by Crippen LogP contribution is -2.03. The van der Waals surface area contributed by atoms with Gasteiger partial charge in [0.15, 0.2) is 11.9 Å². The largest absolute Gasteiger partial charge is 0.479 e. The first-order valence-corrected chi connectivity index (χ1v) is 6.40. The Balaban J connectivity index is 2.05. The van der Waals surface area contributed by atoms with Crippen molar-refractivity contribution in [2.75, 3.05) is 7.11 Å². The van der Waals surface area contributed by atoms with Crippen LogP contribution in [0.5, 0.6) is 5.75 Å². The van der Waals surface area contributed by atoms with Gasteiger partial charge in [-0.25, -0.2) is 4.79 Å². The van der Waals surface area contributed by atoms with Gasteiger partial charge in [0.25, 0.3) is 0 Å². The second-order valence-electron chi connectivity index (χ2n) is 4.70. The van der Waals surface area contributed by atoms with Crippen LogP contribution < -0.4 is 4.74 Å². The number of hydrogen-bond donors (Lipinski definition) is 0. The summed E-state index contributed by atoms with van der Waals surface area (Å²) in [5, 5.41) is 4.20. The Labute approximate surface area is 117 Å². The minimum atomic E-state index is -0.504. The van der Waals surface area contributed by atoms with Crippen molar-refractivity contribution in [2.45, 2.75) is 32.9 Å². The van der Waals surface area contributed by atoms with Gasteiger partial charge in [-0.2, -0.15) is 5.10 Å². The smallest absolute Gasteiger partial charge is 0.373 e. The second-order valence-corrected chi connectivity index (χ2v) is 4.70. The Morgan fingerprint density at radius 1 is 1.35 bits per heavy atom. The minimum absolute atomic E-state index is 0.163. The first kappa shape index (κ1) is 14.2. The predicted molar refractivity (Wildman–Crippen MR) is 71.7 cm³/mol.